The van der Waals surface area contributed by atoms with E-state index in [1.807, 2.05) is 78.4 Å². The van der Waals surface area contributed by atoms with Crippen LogP contribution in [0.3, 0.4) is 0 Å². The number of carbonyl (C=O) groups is 1. The average molecular weight is 717 g/mol. The monoisotopic (exact) mass is 716 g/mol. The van der Waals surface area contributed by atoms with E-state index in [-0.39, 0.29) is 17.1 Å². The predicted octanol–water partition coefficient (Wildman–Crippen LogP) is 6.62. The lowest BCUT2D eigenvalue weighted by Gasteiger charge is -2.23. The Morgan fingerprint density at radius 3 is 2.34 bits per heavy atom. The van der Waals surface area contributed by atoms with Gasteiger partial charge in [0.25, 0.3) is 5.91 Å². The van der Waals surface area contributed by atoms with Crippen molar-refractivity contribution in [1.29, 1.82) is 0 Å². The number of aryl methyl sites for hydroxylation is 1. The third-order valence-electron chi connectivity index (χ3n) is 9.68. The summed E-state index contributed by atoms with van der Waals surface area (Å²) < 4.78 is 30.3. The van der Waals surface area contributed by atoms with Crippen molar-refractivity contribution in [3.8, 4) is 44.9 Å². The number of carbonyl (C=O) groups excluding carboxylic acids is 1. The first-order valence-corrected chi connectivity index (χ1v) is 17.9. The minimum Gasteiger partial charge on any atom is -0.493 e. The number of hydrogen-bond donors (Lipinski definition) is 2. The second kappa shape index (κ2) is 16.5. The molecule has 7 rings (SSSR count). The Labute approximate surface area is 308 Å². The fourth-order valence-corrected chi connectivity index (χ4v) is 6.64. The number of nitrogens with one attached hydrogen (secondary N) is 1. The zero-order chi connectivity index (χ0) is 36.7. The summed E-state index contributed by atoms with van der Waals surface area (Å²) in [6.07, 6.45) is 6.99. The van der Waals surface area contributed by atoms with E-state index in [2.05, 4.69) is 10.3 Å². The Balaban J connectivity index is 1.09. The highest BCUT2D eigenvalue weighted by molar-refractivity contribution is 6.04. The average Bonchev–Trinajstić information content (AvgIpc) is 3.19. The first-order chi connectivity index (χ1) is 25.8. The highest BCUT2D eigenvalue weighted by Crippen LogP contribution is 2.35. The zero-order valence-corrected chi connectivity index (χ0v) is 30.0. The van der Waals surface area contributed by atoms with Crippen LogP contribution in [0.15, 0.2) is 96.2 Å². The lowest BCUT2D eigenvalue weighted by molar-refractivity contribution is -0.101. The van der Waals surface area contributed by atoms with Crippen molar-refractivity contribution in [1.82, 2.24) is 9.55 Å². The number of aromatic nitrogens is 2. The van der Waals surface area contributed by atoms with Crippen molar-refractivity contribution in [3.63, 3.8) is 0 Å². The number of pyridine rings is 2. The molecule has 0 unspecified atom stereocenters. The number of ether oxygens (including phenoxy) is 5. The van der Waals surface area contributed by atoms with E-state index in [9.17, 15) is 9.59 Å². The van der Waals surface area contributed by atoms with E-state index < -0.39 is 5.91 Å². The van der Waals surface area contributed by atoms with Gasteiger partial charge in [-0.05, 0) is 72.7 Å². The van der Waals surface area contributed by atoms with E-state index in [0.717, 1.165) is 59.4 Å². The van der Waals surface area contributed by atoms with Crippen molar-refractivity contribution in [3.05, 3.63) is 113 Å². The highest BCUT2D eigenvalue weighted by atomic mass is 16.6. The molecule has 0 saturated carbocycles. The molecule has 11 nitrogen and oxygen atoms in total. The Morgan fingerprint density at radius 2 is 1.60 bits per heavy atom. The van der Waals surface area contributed by atoms with Crippen molar-refractivity contribution in [2.75, 3.05) is 57.8 Å². The van der Waals surface area contributed by atoms with E-state index in [1.165, 1.54) is 0 Å². The Hall–Kier alpha value is -5.49. The van der Waals surface area contributed by atoms with Crippen LogP contribution in [0.5, 0.6) is 11.5 Å². The third-order valence-corrected chi connectivity index (χ3v) is 9.68. The van der Waals surface area contributed by atoms with Gasteiger partial charge < -0.3 is 39.3 Å². The summed E-state index contributed by atoms with van der Waals surface area (Å²) in [6, 6.07) is 22.8. The molecule has 0 radical (unpaired) electrons. The molecule has 2 fully saturated rings. The number of nitrogens with zero attached hydrogens (tertiary/aromatic N) is 2. The van der Waals surface area contributed by atoms with Crippen LogP contribution in [0.1, 0.15) is 28.8 Å². The molecule has 2 aliphatic heterocycles. The number of amides is 1. The minimum atomic E-state index is -0.471. The van der Waals surface area contributed by atoms with E-state index >= 15 is 0 Å². The van der Waals surface area contributed by atoms with Gasteiger partial charge in [0.05, 0.1) is 26.9 Å². The van der Waals surface area contributed by atoms with Gasteiger partial charge in [-0.2, -0.15) is 0 Å². The number of hydrogen-bond acceptors (Lipinski definition) is 9. The summed E-state index contributed by atoms with van der Waals surface area (Å²) in [6.45, 7) is 6.13. The van der Waals surface area contributed by atoms with Crippen molar-refractivity contribution in [2.45, 2.75) is 32.4 Å². The molecule has 274 valence electrons. The van der Waals surface area contributed by atoms with Gasteiger partial charge >= 0.3 is 0 Å². The van der Waals surface area contributed by atoms with Crippen LogP contribution in [0, 0.1) is 12.8 Å². The fraction of sp³-hybridized carbons (Fsp3) is 0.310. The van der Waals surface area contributed by atoms with Crippen LogP contribution < -0.4 is 26.0 Å². The number of benzene rings is 3. The Bertz CT molecular complexity index is 2100. The van der Waals surface area contributed by atoms with Crippen LogP contribution in [0.2, 0.25) is 0 Å². The van der Waals surface area contributed by atoms with Crippen LogP contribution >= 0.6 is 0 Å². The second-order valence-corrected chi connectivity index (χ2v) is 13.5. The largest absolute Gasteiger partial charge is 0.493 e. The summed E-state index contributed by atoms with van der Waals surface area (Å²) in [5.41, 5.74) is 12.3. The number of nitrogens with two attached hydrogens (primary N) is 1. The molecule has 2 aliphatic rings. The molecule has 3 N–H and O–H groups in total. The van der Waals surface area contributed by atoms with Gasteiger partial charge in [0.15, 0.2) is 11.5 Å². The fourth-order valence-electron chi connectivity index (χ4n) is 6.64. The van der Waals surface area contributed by atoms with E-state index in [0.29, 0.717) is 67.5 Å². The maximum atomic E-state index is 13.8. The number of anilines is 2. The van der Waals surface area contributed by atoms with Gasteiger partial charge in [-0.25, -0.2) is 4.98 Å². The molecule has 2 aromatic heterocycles. The van der Waals surface area contributed by atoms with Gasteiger partial charge in [0.1, 0.15) is 24.1 Å². The SMILES string of the molecule is COc1cc(-c2cnc(N)c(-c3ccc(NC(=O)c4cn(CC5CCOCC5)cc(-c5ccc(C)cc5)c4=O)cc3)c2)ccc1OC[C@@H]1COCCO1. The smallest absolute Gasteiger partial charge is 0.261 e. The van der Waals surface area contributed by atoms with E-state index in [4.69, 9.17) is 29.4 Å². The molecular formula is C42H44N4O7. The van der Waals surface area contributed by atoms with Gasteiger partial charge in [0.2, 0.25) is 5.43 Å². The lowest BCUT2D eigenvalue weighted by atomic mass is 9.99. The summed E-state index contributed by atoms with van der Waals surface area (Å²) in [5, 5.41) is 2.94. The zero-order valence-electron chi connectivity index (χ0n) is 30.0. The molecule has 1 atom stereocenters. The normalized spacial score (nSPS) is 16.2. The van der Waals surface area contributed by atoms with Gasteiger partial charge in [-0.1, -0.05) is 48.0 Å². The van der Waals surface area contributed by atoms with Crippen LogP contribution in [0.25, 0.3) is 33.4 Å². The number of methoxy groups -OCH3 is 1. The molecule has 0 spiro atoms. The molecule has 3 aromatic carbocycles. The molecule has 4 heterocycles. The first-order valence-electron chi connectivity index (χ1n) is 17.9. The summed E-state index contributed by atoms with van der Waals surface area (Å²) in [5.74, 6) is 1.48. The molecule has 53 heavy (non-hydrogen) atoms. The maximum absolute atomic E-state index is 13.8. The predicted molar refractivity (Wildman–Crippen MR) is 204 cm³/mol. The quantitative estimate of drug-likeness (QED) is 0.155. The first kappa shape index (κ1) is 35.9. The van der Waals surface area contributed by atoms with Gasteiger partial charge in [-0.3, -0.25) is 9.59 Å². The van der Waals surface area contributed by atoms with Crippen molar-refractivity contribution < 1.29 is 28.5 Å². The van der Waals surface area contributed by atoms with E-state index in [1.54, 1.807) is 31.6 Å². The molecular weight excluding hydrogens is 672 g/mol. The van der Waals surface area contributed by atoms with Crippen LogP contribution in [-0.2, 0) is 20.8 Å². The number of rotatable bonds is 11. The third kappa shape index (κ3) is 8.60. The number of nitrogen functional groups attached to an aromatic ring is 1. The van der Waals surface area contributed by atoms with Crippen LogP contribution in [0.4, 0.5) is 11.5 Å². The molecule has 11 heteroatoms. The molecule has 1 amide bonds. The Morgan fingerprint density at radius 1 is 0.868 bits per heavy atom. The molecule has 5 aromatic rings. The highest BCUT2D eigenvalue weighted by Gasteiger charge is 2.21. The summed E-state index contributed by atoms with van der Waals surface area (Å²) >= 11 is 0. The van der Waals surface area contributed by atoms with Gasteiger partial charge in [0, 0.05) is 60.7 Å². The van der Waals surface area contributed by atoms with Crippen molar-refractivity contribution >= 4 is 17.4 Å². The topological polar surface area (TPSA) is 136 Å². The Kier molecular flexibility index (Phi) is 11.1. The maximum Gasteiger partial charge on any atom is 0.261 e. The summed E-state index contributed by atoms with van der Waals surface area (Å²) in [7, 11) is 1.60. The van der Waals surface area contributed by atoms with Crippen molar-refractivity contribution in [2.24, 2.45) is 5.92 Å². The molecule has 0 bridgehead atoms. The summed E-state index contributed by atoms with van der Waals surface area (Å²) in [4.78, 5) is 32.0. The second-order valence-electron chi connectivity index (χ2n) is 13.5. The minimum absolute atomic E-state index is 0.0866. The molecule has 2 saturated heterocycles. The van der Waals surface area contributed by atoms with Gasteiger partial charge in [-0.15, -0.1) is 0 Å². The lowest BCUT2D eigenvalue weighted by Crippen LogP contribution is -2.33. The molecule has 0 aliphatic carbocycles. The standard InChI is InChI=1S/C42H44N4O7/c1-27-3-5-30(6-4-27)36-23-46(22-28-13-15-50-16-14-28)24-37(40(36)47)42(48)45-33-10-7-29(8-11-33)35-19-32(21-44-41(35)43)31-9-12-38(39(20-31)49-2)53-26-34-25-51-17-18-52-34/h3-12,19-21,23-24,28,34H,13-18,22,25-26H2,1-2H3,(H2,43,44)(H,45,48)/t34-/m0/s1. The van der Waals surface area contributed by atoms with Crippen LogP contribution in [-0.4, -0.2) is 68.3 Å².